The molecule has 0 unspecified atom stereocenters. The Morgan fingerprint density at radius 2 is 1.86 bits per heavy atom. The largest absolute Gasteiger partial charge is 0.382 e. The number of carbonyl (C=O) groups excluding carboxylic acids is 2. The Morgan fingerprint density at radius 1 is 1.09 bits per heavy atom. The van der Waals surface area contributed by atoms with Gasteiger partial charge in [0.05, 0.1) is 31.5 Å². The minimum atomic E-state index is -0.219. The van der Waals surface area contributed by atoms with Crippen LogP contribution in [0.1, 0.15) is 35.0 Å². The van der Waals surface area contributed by atoms with Gasteiger partial charge < -0.3 is 20.7 Å². The lowest BCUT2D eigenvalue weighted by atomic mass is 10.0. The zero-order valence-corrected chi connectivity index (χ0v) is 19.9. The molecule has 0 bridgehead atoms. The molecule has 1 saturated heterocycles. The molecule has 0 radical (unpaired) electrons. The average Bonchev–Trinajstić information content (AvgIpc) is 2.89. The summed E-state index contributed by atoms with van der Waals surface area (Å²) in [5, 5.41) is 2.87. The van der Waals surface area contributed by atoms with Crippen LogP contribution >= 0.6 is 0 Å². The highest BCUT2D eigenvalue weighted by molar-refractivity contribution is 6.00. The number of amides is 1. The molecule has 0 atom stereocenters. The molecule has 3 aromatic rings. The van der Waals surface area contributed by atoms with E-state index in [0.717, 1.165) is 41.9 Å². The molecule has 0 spiro atoms. The minimum Gasteiger partial charge on any atom is -0.382 e. The Labute approximate surface area is 204 Å². The molecule has 1 fully saturated rings. The number of ether oxygens (including phenoxy) is 1. The van der Waals surface area contributed by atoms with Gasteiger partial charge in [0.15, 0.2) is 11.6 Å². The van der Waals surface area contributed by atoms with Crippen LogP contribution in [0.5, 0.6) is 0 Å². The van der Waals surface area contributed by atoms with Crippen LogP contribution in [0.4, 0.5) is 11.5 Å². The highest BCUT2D eigenvalue weighted by atomic mass is 16.5. The molecule has 9 nitrogen and oxygen atoms in total. The highest BCUT2D eigenvalue weighted by Crippen LogP contribution is 2.24. The van der Waals surface area contributed by atoms with Gasteiger partial charge in [-0.1, -0.05) is 31.2 Å². The quantitative estimate of drug-likeness (QED) is 0.453. The molecule has 1 aliphatic rings. The Hall–Kier alpha value is -3.85. The number of anilines is 2. The second-order valence-electron chi connectivity index (χ2n) is 8.42. The molecule has 9 heteroatoms. The maximum absolute atomic E-state index is 13.2. The zero-order chi connectivity index (χ0) is 24.6. The second-order valence-corrected chi connectivity index (χ2v) is 8.42. The van der Waals surface area contributed by atoms with Gasteiger partial charge in [0.2, 0.25) is 5.91 Å². The predicted molar refractivity (Wildman–Crippen MR) is 134 cm³/mol. The number of aromatic nitrogens is 3. The van der Waals surface area contributed by atoms with E-state index in [2.05, 4.69) is 25.2 Å². The van der Waals surface area contributed by atoms with Crippen LogP contribution in [0.15, 0.2) is 48.9 Å². The molecule has 2 aromatic heterocycles. The maximum Gasteiger partial charge on any atom is 0.224 e. The third kappa shape index (κ3) is 6.19. The number of nitrogen functional groups attached to an aromatic ring is 1. The van der Waals surface area contributed by atoms with Crippen LogP contribution < -0.4 is 16.0 Å². The van der Waals surface area contributed by atoms with Gasteiger partial charge >= 0.3 is 0 Å². The summed E-state index contributed by atoms with van der Waals surface area (Å²) in [5.41, 5.74) is 10.2. The van der Waals surface area contributed by atoms with Gasteiger partial charge in [-0.2, -0.15) is 0 Å². The van der Waals surface area contributed by atoms with Crippen molar-refractivity contribution in [2.24, 2.45) is 0 Å². The molecular weight excluding hydrogens is 444 g/mol. The minimum absolute atomic E-state index is 0.00777. The van der Waals surface area contributed by atoms with Gasteiger partial charge in [0.1, 0.15) is 5.69 Å². The summed E-state index contributed by atoms with van der Waals surface area (Å²) >= 11 is 0. The lowest BCUT2D eigenvalue weighted by Gasteiger charge is -2.30. The fraction of sp³-hybridized carbons (Fsp3) is 0.346. The van der Waals surface area contributed by atoms with Crippen LogP contribution in [0.2, 0.25) is 0 Å². The van der Waals surface area contributed by atoms with E-state index in [9.17, 15) is 9.59 Å². The van der Waals surface area contributed by atoms with E-state index in [0.29, 0.717) is 31.9 Å². The summed E-state index contributed by atoms with van der Waals surface area (Å²) in [6.07, 6.45) is 6.33. The number of carbonyl (C=O) groups is 2. The van der Waals surface area contributed by atoms with Crippen molar-refractivity contribution >= 4 is 23.2 Å². The molecular formula is C26H30N6O3. The van der Waals surface area contributed by atoms with E-state index in [-0.39, 0.29) is 29.6 Å². The smallest absolute Gasteiger partial charge is 0.224 e. The van der Waals surface area contributed by atoms with E-state index in [1.54, 1.807) is 18.6 Å². The first-order valence-electron chi connectivity index (χ1n) is 11.8. The summed E-state index contributed by atoms with van der Waals surface area (Å²) < 4.78 is 5.45. The Bertz CT molecular complexity index is 1180. The van der Waals surface area contributed by atoms with Crippen molar-refractivity contribution in [3.8, 4) is 11.3 Å². The summed E-state index contributed by atoms with van der Waals surface area (Å²) in [4.78, 5) is 40.4. The van der Waals surface area contributed by atoms with Crippen molar-refractivity contribution in [3.63, 3.8) is 0 Å². The molecule has 3 heterocycles. The standard InChI is InChI=1S/C26H30N6O3/c1-2-8-29-24(34)14-18-3-5-19(6-4-18)21-17-30-26(27)25(31-21)23(33)15-20-16-28-9-7-22(20)32-10-12-35-13-11-32/h3-7,9,16-17H,2,8,10-15H2,1H3,(H2,27,30)(H,29,34). The number of nitrogens with two attached hydrogens (primary N) is 1. The van der Waals surface area contributed by atoms with E-state index in [4.69, 9.17) is 10.5 Å². The van der Waals surface area contributed by atoms with Gasteiger partial charge in [-0.15, -0.1) is 0 Å². The van der Waals surface area contributed by atoms with Crippen LogP contribution in [0, 0.1) is 0 Å². The second kappa shape index (κ2) is 11.5. The lowest BCUT2D eigenvalue weighted by molar-refractivity contribution is -0.120. The first-order valence-corrected chi connectivity index (χ1v) is 11.8. The lowest BCUT2D eigenvalue weighted by Crippen LogP contribution is -2.37. The molecule has 1 aliphatic heterocycles. The van der Waals surface area contributed by atoms with Crippen LogP contribution in [0.3, 0.4) is 0 Å². The number of hydrogen-bond donors (Lipinski definition) is 2. The third-order valence-corrected chi connectivity index (χ3v) is 5.83. The monoisotopic (exact) mass is 474 g/mol. The Balaban J connectivity index is 1.50. The third-order valence-electron chi connectivity index (χ3n) is 5.83. The molecule has 1 amide bonds. The summed E-state index contributed by atoms with van der Waals surface area (Å²) in [5.74, 6) is -0.130. The van der Waals surface area contributed by atoms with Gasteiger partial charge in [-0.05, 0) is 18.1 Å². The van der Waals surface area contributed by atoms with Crippen molar-refractivity contribution < 1.29 is 14.3 Å². The average molecular weight is 475 g/mol. The molecule has 182 valence electrons. The van der Waals surface area contributed by atoms with E-state index < -0.39 is 0 Å². The molecule has 0 aliphatic carbocycles. The van der Waals surface area contributed by atoms with Crippen molar-refractivity contribution in [2.75, 3.05) is 43.5 Å². The Kier molecular flexibility index (Phi) is 7.99. The normalized spacial score (nSPS) is 13.5. The maximum atomic E-state index is 13.2. The Morgan fingerprint density at radius 3 is 2.60 bits per heavy atom. The van der Waals surface area contributed by atoms with Crippen molar-refractivity contribution in [3.05, 3.63) is 65.7 Å². The predicted octanol–water partition coefficient (Wildman–Crippen LogP) is 2.45. The highest BCUT2D eigenvalue weighted by Gasteiger charge is 2.20. The topological polar surface area (TPSA) is 123 Å². The first kappa shape index (κ1) is 24.3. The number of hydrogen-bond acceptors (Lipinski definition) is 8. The van der Waals surface area contributed by atoms with Gasteiger partial charge in [-0.25, -0.2) is 9.97 Å². The van der Waals surface area contributed by atoms with Crippen molar-refractivity contribution in [1.29, 1.82) is 0 Å². The molecule has 0 saturated carbocycles. The van der Waals surface area contributed by atoms with E-state index in [1.165, 1.54) is 0 Å². The summed E-state index contributed by atoms with van der Waals surface area (Å²) in [6.45, 7) is 5.51. The number of rotatable bonds is 9. The molecule has 35 heavy (non-hydrogen) atoms. The fourth-order valence-corrected chi connectivity index (χ4v) is 3.97. The zero-order valence-electron chi connectivity index (χ0n) is 19.9. The SMILES string of the molecule is CCCNC(=O)Cc1ccc(-c2cnc(N)c(C(=O)Cc3cnccc3N3CCOCC3)n2)cc1. The van der Waals surface area contributed by atoms with E-state index in [1.807, 2.05) is 37.3 Å². The molecule has 1 aromatic carbocycles. The summed E-state index contributed by atoms with van der Waals surface area (Å²) in [7, 11) is 0. The van der Waals surface area contributed by atoms with Crippen LogP contribution in [0.25, 0.3) is 11.3 Å². The van der Waals surface area contributed by atoms with Gasteiger partial charge in [-0.3, -0.25) is 14.6 Å². The van der Waals surface area contributed by atoms with Crippen LogP contribution in [-0.4, -0.2) is 59.5 Å². The van der Waals surface area contributed by atoms with E-state index >= 15 is 0 Å². The summed E-state index contributed by atoms with van der Waals surface area (Å²) in [6, 6.07) is 9.42. The molecule has 3 N–H and O–H groups in total. The number of nitrogens with zero attached hydrogens (tertiary/aromatic N) is 4. The fourth-order valence-electron chi connectivity index (χ4n) is 3.97. The van der Waals surface area contributed by atoms with Gasteiger partial charge in [0.25, 0.3) is 0 Å². The number of nitrogens with one attached hydrogen (secondary N) is 1. The van der Waals surface area contributed by atoms with Crippen molar-refractivity contribution in [2.45, 2.75) is 26.2 Å². The number of morpholine rings is 1. The van der Waals surface area contributed by atoms with Crippen LogP contribution in [-0.2, 0) is 22.4 Å². The van der Waals surface area contributed by atoms with Gasteiger partial charge in [0, 0.05) is 55.3 Å². The number of pyridine rings is 1. The first-order chi connectivity index (χ1) is 17.0. The number of Topliss-reactive ketones (excluding diaryl/α,β-unsaturated/α-hetero) is 1. The number of ketones is 1. The van der Waals surface area contributed by atoms with Crippen molar-refractivity contribution in [1.82, 2.24) is 20.3 Å². The number of benzene rings is 1. The molecule has 4 rings (SSSR count).